The van der Waals surface area contributed by atoms with E-state index in [-0.39, 0.29) is 11.8 Å². The fraction of sp³-hybridized carbons (Fsp3) is 0.481. The quantitative estimate of drug-likeness (QED) is 0.651. The van der Waals surface area contributed by atoms with Crippen molar-refractivity contribution in [2.24, 2.45) is 5.73 Å². The third kappa shape index (κ3) is 4.68. The van der Waals surface area contributed by atoms with Crippen molar-refractivity contribution in [2.75, 3.05) is 13.1 Å². The highest BCUT2D eigenvalue weighted by atomic mass is 16.3. The second kappa shape index (κ2) is 8.92. The summed E-state index contributed by atoms with van der Waals surface area (Å²) in [6.45, 7) is 2.00. The average molecular weight is 448 g/mol. The van der Waals surface area contributed by atoms with E-state index in [1.807, 2.05) is 47.4 Å². The van der Waals surface area contributed by atoms with Crippen LogP contribution in [0.4, 0.5) is 0 Å². The van der Waals surface area contributed by atoms with E-state index in [4.69, 9.17) is 5.73 Å². The van der Waals surface area contributed by atoms with E-state index in [2.05, 4.69) is 11.0 Å². The van der Waals surface area contributed by atoms with Crippen molar-refractivity contribution in [3.8, 4) is 0 Å². The summed E-state index contributed by atoms with van der Waals surface area (Å²) in [6.07, 6.45) is 5.61. The van der Waals surface area contributed by atoms with Crippen molar-refractivity contribution in [2.45, 2.75) is 68.7 Å². The molecule has 174 valence electrons. The number of nitrogens with zero attached hydrogens (tertiary/aromatic N) is 2. The molecule has 1 saturated carbocycles. The third-order valence-corrected chi connectivity index (χ3v) is 7.78. The Bertz CT molecular complexity index is 1010. The van der Waals surface area contributed by atoms with E-state index in [0.29, 0.717) is 49.5 Å². The Morgan fingerprint density at radius 2 is 1.73 bits per heavy atom. The van der Waals surface area contributed by atoms with Crippen molar-refractivity contribution in [1.29, 1.82) is 0 Å². The maximum Gasteiger partial charge on any atom is 0.254 e. The van der Waals surface area contributed by atoms with Crippen LogP contribution in [0.1, 0.15) is 65.9 Å². The monoisotopic (exact) mass is 447 g/mol. The second-order valence-electron chi connectivity index (χ2n) is 10.0. The van der Waals surface area contributed by atoms with Crippen molar-refractivity contribution in [3.05, 3.63) is 71.3 Å². The highest BCUT2D eigenvalue weighted by Crippen LogP contribution is 2.43. The van der Waals surface area contributed by atoms with Crippen LogP contribution in [0.2, 0.25) is 0 Å². The van der Waals surface area contributed by atoms with Crippen LogP contribution in [0.5, 0.6) is 0 Å². The number of nitrogens with two attached hydrogens (primary N) is 1. The maximum atomic E-state index is 13.0. The van der Waals surface area contributed by atoms with Crippen molar-refractivity contribution >= 4 is 11.8 Å². The van der Waals surface area contributed by atoms with Gasteiger partial charge in [-0.1, -0.05) is 42.5 Å². The van der Waals surface area contributed by atoms with Gasteiger partial charge in [-0.25, -0.2) is 0 Å². The van der Waals surface area contributed by atoms with Gasteiger partial charge < -0.3 is 15.7 Å². The first-order chi connectivity index (χ1) is 15.9. The number of benzene rings is 2. The van der Waals surface area contributed by atoms with Gasteiger partial charge in [-0.05, 0) is 67.7 Å². The van der Waals surface area contributed by atoms with Crippen molar-refractivity contribution in [1.82, 2.24) is 9.80 Å². The zero-order valence-electron chi connectivity index (χ0n) is 19.0. The van der Waals surface area contributed by atoms with Crippen LogP contribution < -0.4 is 5.73 Å². The molecule has 33 heavy (non-hydrogen) atoms. The fourth-order valence-electron chi connectivity index (χ4n) is 5.78. The molecule has 2 aliphatic heterocycles. The zero-order valence-corrected chi connectivity index (χ0v) is 19.0. The standard InChI is InChI=1S/C27H33N3O3/c28-25(31)21-8-4-7-20(15-21)22-16-23-9-10-24(17-22)30(23)14-13-29(26(32)27(33)11-12-27)18-19-5-2-1-3-6-19/h1-8,15,22-24,33H,9-14,16-18H2,(H2,28,31). The summed E-state index contributed by atoms with van der Waals surface area (Å²) in [4.78, 5) is 29.1. The first-order valence-electron chi connectivity index (χ1n) is 12.1. The molecular weight excluding hydrogens is 414 g/mol. The van der Waals surface area contributed by atoms with E-state index in [0.717, 1.165) is 24.9 Å². The van der Waals surface area contributed by atoms with E-state index in [1.165, 1.54) is 18.4 Å². The summed E-state index contributed by atoms with van der Waals surface area (Å²) >= 11 is 0. The van der Waals surface area contributed by atoms with E-state index < -0.39 is 5.60 Å². The van der Waals surface area contributed by atoms with Crippen molar-refractivity contribution in [3.63, 3.8) is 0 Å². The molecule has 2 saturated heterocycles. The Labute approximate surface area is 195 Å². The summed E-state index contributed by atoms with van der Waals surface area (Å²) in [7, 11) is 0. The van der Waals surface area contributed by atoms with E-state index >= 15 is 0 Å². The lowest BCUT2D eigenvalue weighted by molar-refractivity contribution is -0.143. The summed E-state index contributed by atoms with van der Waals surface area (Å²) in [5, 5.41) is 10.5. The van der Waals surface area contributed by atoms with Gasteiger partial charge in [0.25, 0.3) is 5.91 Å². The molecule has 3 aliphatic rings. The fourth-order valence-corrected chi connectivity index (χ4v) is 5.78. The van der Waals surface area contributed by atoms with Gasteiger partial charge in [-0.3, -0.25) is 14.5 Å². The number of aliphatic hydroxyl groups is 1. The highest BCUT2D eigenvalue weighted by molar-refractivity contribution is 5.92. The highest BCUT2D eigenvalue weighted by Gasteiger charge is 2.50. The molecule has 2 heterocycles. The third-order valence-electron chi connectivity index (χ3n) is 7.78. The lowest BCUT2D eigenvalue weighted by atomic mass is 9.84. The minimum atomic E-state index is -1.15. The molecule has 0 spiro atoms. The Kier molecular flexibility index (Phi) is 5.97. The Morgan fingerprint density at radius 3 is 2.36 bits per heavy atom. The minimum Gasteiger partial charge on any atom is -0.380 e. The number of carbonyl (C=O) groups excluding carboxylic acids is 2. The molecule has 5 rings (SSSR count). The first-order valence-corrected chi connectivity index (χ1v) is 12.1. The van der Waals surface area contributed by atoms with Crippen LogP contribution in [0.15, 0.2) is 54.6 Å². The summed E-state index contributed by atoms with van der Waals surface area (Å²) < 4.78 is 0. The first kappa shape index (κ1) is 22.1. The van der Waals surface area contributed by atoms with Gasteiger partial charge in [0, 0.05) is 37.3 Å². The van der Waals surface area contributed by atoms with Crippen LogP contribution >= 0.6 is 0 Å². The largest absolute Gasteiger partial charge is 0.380 e. The van der Waals surface area contributed by atoms with Gasteiger partial charge in [0.1, 0.15) is 5.60 Å². The molecule has 2 aromatic carbocycles. The molecule has 1 aliphatic carbocycles. The van der Waals surface area contributed by atoms with Gasteiger partial charge in [0.2, 0.25) is 5.91 Å². The van der Waals surface area contributed by atoms with Crippen LogP contribution in [0, 0.1) is 0 Å². The van der Waals surface area contributed by atoms with Crippen LogP contribution in [0.25, 0.3) is 0 Å². The van der Waals surface area contributed by atoms with Crippen LogP contribution in [-0.2, 0) is 11.3 Å². The molecule has 2 bridgehead atoms. The number of carbonyl (C=O) groups is 2. The number of amides is 2. The number of hydrogen-bond acceptors (Lipinski definition) is 4. The molecule has 2 unspecified atom stereocenters. The van der Waals surface area contributed by atoms with Gasteiger partial charge >= 0.3 is 0 Å². The van der Waals surface area contributed by atoms with Gasteiger partial charge in [-0.15, -0.1) is 0 Å². The molecule has 2 atom stereocenters. The molecule has 3 fully saturated rings. The van der Waals surface area contributed by atoms with E-state index in [9.17, 15) is 14.7 Å². The average Bonchev–Trinajstić information content (AvgIpc) is 3.54. The predicted octanol–water partition coefficient (Wildman–Crippen LogP) is 3.05. The summed E-state index contributed by atoms with van der Waals surface area (Å²) in [6, 6.07) is 18.8. The van der Waals surface area contributed by atoms with E-state index in [1.54, 1.807) is 6.07 Å². The minimum absolute atomic E-state index is 0.128. The number of hydrogen-bond donors (Lipinski definition) is 2. The molecule has 6 heteroatoms. The summed E-state index contributed by atoms with van der Waals surface area (Å²) in [5.74, 6) is -0.0677. The number of piperidine rings is 1. The number of fused-ring (bicyclic) bond motifs is 2. The number of rotatable bonds is 8. The maximum absolute atomic E-state index is 13.0. The van der Waals surface area contributed by atoms with Crippen LogP contribution in [-0.4, -0.2) is 57.5 Å². The topological polar surface area (TPSA) is 86.9 Å². The predicted molar refractivity (Wildman–Crippen MR) is 126 cm³/mol. The Morgan fingerprint density at radius 1 is 1.03 bits per heavy atom. The van der Waals surface area contributed by atoms with Crippen molar-refractivity contribution < 1.29 is 14.7 Å². The zero-order chi connectivity index (χ0) is 23.0. The summed E-state index contributed by atoms with van der Waals surface area (Å²) in [5.41, 5.74) is 7.22. The lowest BCUT2D eigenvalue weighted by Gasteiger charge is -2.40. The van der Waals surface area contributed by atoms with Gasteiger partial charge in [0.15, 0.2) is 0 Å². The lowest BCUT2D eigenvalue weighted by Crippen LogP contribution is -2.48. The molecule has 2 aromatic rings. The SMILES string of the molecule is NC(=O)c1cccc(C2CC3CCC(C2)N3CCN(Cc2ccccc2)C(=O)C2(O)CC2)c1. The van der Waals surface area contributed by atoms with Crippen LogP contribution in [0.3, 0.4) is 0 Å². The molecule has 3 N–H and O–H groups in total. The molecule has 0 radical (unpaired) electrons. The Hall–Kier alpha value is -2.70. The molecule has 2 amide bonds. The normalized spacial score (nSPS) is 25.5. The molecule has 6 nitrogen and oxygen atoms in total. The Balaban J connectivity index is 1.25. The second-order valence-corrected chi connectivity index (χ2v) is 10.0. The van der Waals surface area contributed by atoms with Gasteiger partial charge in [0.05, 0.1) is 0 Å². The van der Waals surface area contributed by atoms with Gasteiger partial charge in [-0.2, -0.15) is 0 Å². The number of primary amides is 1. The molecule has 0 aromatic heterocycles. The molecular formula is C27H33N3O3. The smallest absolute Gasteiger partial charge is 0.254 e.